The largest absolute Gasteiger partial charge is 0.325 e. The van der Waals surface area contributed by atoms with Gasteiger partial charge in [-0.2, -0.15) is 0 Å². The Labute approximate surface area is 172 Å². The minimum atomic E-state index is -0.826. The van der Waals surface area contributed by atoms with Gasteiger partial charge >= 0.3 is 0 Å². The lowest BCUT2D eigenvalue weighted by atomic mass is 10.1. The number of amides is 3. The zero-order valence-corrected chi connectivity index (χ0v) is 16.5. The Kier molecular flexibility index (Phi) is 5.13. The first-order valence-electron chi connectivity index (χ1n) is 9.12. The Morgan fingerprint density at radius 2 is 1.71 bits per heavy atom. The molecule has 1 heterocycles. The first-order valence-corrected chi connectivity index (χ1v) is 9.87. The average molecular weight is 417 g/mol. The van der Waals surface area contributed by atoms with E-state index in [2.05, 4.69) is 0 Å². The van der Waals surface area contributed by atoms with E-state index in [4.69, 9.17) is 23.2 Å². The van der Waals surface area contributed by atoms with Gasteiger partial charge in [-0.1, -0.05) is 41.4 Å². The first-order chi connectivity index (χ1) is 13.5. The molecule has 1 saturated carbocycles. The highest BCUT2D eigenvalue weighted by atomic mass is 35.5. The molecule has 4 rings (SSSR count). The molecule has 144 valence electrons. The van der Waals surface area contributed by atoms with Crippen molar-refractivity contribution in [2.24, 2.45) is 5.92 Å². The quantitative estimate of drug-likeness (QED) is 0.690. The highest BCUT2D eigenvalue weighted by Crippen LogP contribution is 2.35. The molecule has 2 fully saturated rings. The number of carbonyl (C=O) groups excluding carboxylic acids is 3. The van der Waals surface area contributed by atoms with E-state index in [1.54, 1.807) is 30.3 Å². The van der Waals surface area contributed by atoms with Crippen molar-refractivity contribution in [1.29, 1.82) is 0 Å². The van der Waals surface area contributed by atoms with E-state index in [-0.39, 0.29) is 30.7 Å². The van der Waals surface area contributed by atoms with Gasteiger partial charge in [-0.15, -0.1) is 0 Å². The van der Waals surface area contributed by atoms with Gasteiger partial charge in [0.05, 0.1) is 12.1 Å². The van der Waals surface area contributed by atoms with Crippen LogP contribution in [0.5, 0.6) is 0 Å². The first kappa shape index (κ1) is 19.0. The molecule has 0 bridgehead atoms. The van der Waals surface area contributed by atoms with E-state index >= 15 is 0 Å². The van der Waals surface area contributed by atoms with E-state index < -0.39 is 11.9 Å². The molecule has 0 N–H and O–H groups in total. The van der Waals surface area contributed by atoms with Crippen molar-refractivity contribution in [1.82, 2.24) is 4.90 Å². The molecule has 1 atom stereocenters. The van der Waals surface area contributed by atoms with Crippen LogP contribution in [-0.4, -0.2) is 28.7 Å². The third-order valence-corrected chi connectivity index (χ3v) is 5.71. The number of imide groups is 1. The van der Waals surface area contributed by atoms with Gasteiger partial charge in [-0.25, -0.2) is 4.90 Å². The highest BCUT2D eigenvalue weighted by molar-refractivity contribution is 6.31. The standard InChI is InChI=1S/C21H18Cl2N2O3/c22-15-7-9-16(10-8-15)25-19(26)11-18(21(25)28)24(20(27)13-5-6-13)12-14-3-1-2-4-17(14)23/h1-4,7-10,13,18H,5-6,11-12H2. The summed E-state index contributed by atoms with van der Waals surface area (Å²) in [6, 6.07) is 12.9. The Hall–Kier alpha value is -2.37. The van der Waals surface area contributed by atoms with Gasteiger partial charge in [0.25, 0.3) is 5.91 Å². The number of carbonyl (C=O) groups is 3. The number of hydrogen-bond donors (Lipinski definition) is 0. The Morgan fingerprint density at radius 1 is 1.04 bits per heavy atom. The maximum Gasteiger partial charge on any atom is 0.257 e. The van der Waals surface area contributed by atoms with Gasteiger partial charge in [-0.05, 0) is 48.7 Å². The Bertz CT molecular complexity index is 941. The van der Waals surface area contributed by atoms with Gasteiger partial charge in [-0.3, -0.25) is 14.4 Å². The van der Waals surface area contributed by atoms with Crippen LogP contribution >= 0.6 is 23.2 Å². The van der Waals surface area contributed by atoms with Crippen molar-refractivity contribution < 1.29 is 14.4 Å². The predicted octanol–water partition coefficient (Wildman–Crippen LogP) is 4.06. The van der Waals surface area contributed by atoms with Crippen LogP contribution in [0.4, 0.5) is 5.69 Å². The number of rotatable bonds is 5. The minimum absolute atomic E-state index is 0.0373. The molecule has 0 spiro atoms. The third-order valence-electron chi connectivity index (χ3n) is 5.09. The fraction of sp³-hybridized carbons (Fsp3) is 0.286. The van der Waals surface area contributed by atoms with Crippen LogP contribution in [0, 0.1) is 5.92 Å². The van der Waals surface area contributed by atoms with Crippen LogP contribution in [0.25, 0.3) is 0 Å². The summed E-state index contributed by atoms with van der Waals surface area (Å²) in [4.78, 5) is 41.3. The number of nitrogens with zero attached hydrogens (tertiary/aromatic N) is 2. The molecule has 0 radical (unpaired) electrons. The van der Waals surface area contributed by atoms with Crippen LogP contribution in [-0.2, 0) is 20.9 Å². The summed E-state index contributed by atoms with van der Waals surface area (Å²) in [6.45, 7) is 0.202. The van der Waals surface area contributed by atoms with Crippen molar-refractivity contribution in [2.75, 3.05) is 4.90 Å². The monoisotopic (exact) mass is 416 g/mol. The van der Waals surface area contributed by atoms with Crippen LogP contribution < -0.4 is 4.90 Å². The van der Waals surface area contributed by atoms with Gasteiger partial charge in [0.2, 0.25) is 11.8 Å². The number of benzene rings is 2. The van der Waals surface area contributed by atoms with Gasteiger partial charge in [0, 0.05) is 22.5 Å². The average Bonchev–Trinajstić information content (AvgIpc) is 3.48. The number of anilines is 1. The molecule has 1 aliphatic carbocycles. The molecule has 5 nitrogen and oxygen atoms in total. The normalized spacial score (nSPS) is 19.2. The van der Waals surface area contributed by atoms with Gasteiger partial charge in [0.1, 0.15) is 6.04 Å². The topological polar surface area (TPSA) is 57.7 Å². The fourth-order valence-electron chi connectivity index (χ4n) is 3.44. The summed E-state index contributed by atoms with van der Waals surface area (Å²) >= 11 is 12.2. The van der Waals surface area contributed by atoms with Crippen LogP contribution in [0.2, 0.25) is 10.0 Å². The van der Waals surface area contributed by atoms with Crippen molar-refractivity contribution in [3.63, 3.8) is 0 Å². The third kappa shape index (κ3) is 3.64. The molecule has 28 heavy (non-hydrogen) atoms. The van der Waals surface area contributed by atoms with Crippen molar-refractivity contribution in [3.8, 4) is 0 Å². The van der Waals surface area contributed by atoms with E-state index in [1.165, 1.54) is 4.90 Å². The zero-order valence-electron chi connectivity index (χ0n) is 15.0. The summed E-state index contributed by atoms with van der Waals surface area (Å²) in [5.41, 5.74) is 1.21. The molecule has 1 saturated heterocycles. The predicted molar refractivity (Wildman–Crippen MR) is 107 cm³/mol. The van der Waals surface area contributed by atoms with Crippen molar-refractivity contribution >= 4 is 46.6 Å². The molecule has 3 amide bonds. The summed E-state index contributed by atoms with van der Waals surface area (Å²) in [7, 11) is 0. The van der Waals surface area contributed by atoms with Crippen LogP contribution in [0.1, 0.15) is 24.8 Å². The molecule has 2 aromatic rings. The Balaban J connectivity index is 1.63. The smallest absolute Gasteiger partial charge is 0.257 e. The summed E-state index contributed by atoms with van der Waals surface area (Å²) in [6.07, 6.45) is 1.59. The lowest BCUT2D eigenvalue weighted by Gasteiger charge is -2.28. The number of hydrogen-bond acceptors (Lipinski definition) is 3. The molecule has 2 aliphatic rings. The molecule has 2 aromatic carbocycles. The summed E-state index contributed by atoms with van der Waals surface area (Å²) in [5, 5.41) is 1.05. The molecule has 0 aromatic heterocycles. The molecular formula is C21H18Cl2N2O3. The van der Waals surface area contributed by atoms with E-state index in [0.29, 0.717) is 15.7 Å². The second-order valence-electron chi connectivity index (χ2n) is 7.10. The number of halogens is 2. The molecule has 7 heteroatoms. The zero-order chi connectivity index (χ0) is 19.8. The second-order valence-corrected chi connectivity index (χ2v) is 7.94. The maximum atomic E-state index is 13.1. The Morgan fingerprint density at radius 3 is 2.36 bits per heavy atom. The fourth-order valence-corrected chi connectivity index (χ4v) is 3.76. The second kappa shape index (κ2) is 7.57. The maximum absolute atomic E-state index is 13.1. The lowest BCUT2D eigenvalue weighted by Crippen LogP contribution is -2.45. The van der Waals surface area contributed by atoms with Crippen molar-refractivity contribution in [2.45, 2.75) is 31.8 Å². The molecule has 1 aliphatic heterocycles. The molecule has 1 unspecified atom stereocenters. The van der Waals surface area contributed by atoms with E-state index in [1.807, 2.05) is 18.2 Å². The lowest BCUT2D eigenvalue weighted by molar-refractivity contribution is -0.140. The van der Waals surface area contributed by atoms with Gasteiger partial charge < -0.3 is 4.90 Å². The molecular weight excluding hydrogens is 399 g/mol. The van der Waals surface area contributed by atoms with Gasteiger partial charge in [0.15, 0.2) is 0 Å². The summed E-state index contributed by atoms with van der Waals surface area (Å²) in [5.74, 6) is -0.891. The minimum Gasteiger partial charge on any atom is -0.325 e. The van der Waals surface area contributed by atoms with Crippen LogP contribution in [0.3, 0.4) is 0 Å². The SMILES string of the molecule is O=C1CC(N(Cc2ccccc2Cl)C(=O)C2CC2)C(=O)N1c1ccc(Cl)cc1. The highest BCUT2D eigenvalue weighted by Gasteiger charge is 2.46. The van der Waals surface area contributed by atoms with E-state index in [0.717, 1.165) is 23.3 Å². The summed E-state index contributed by atoms with van der Waals surface area (Å²) < 4.78 is 0. The van der Waals surface area contributed by atoms with Crippen molar-refractivity contribution in [3.05, 3.63) is 64.1 Å². The van der Waals surface area contributed by atoms with Crippen LogP contribution in [0.15, 0.2) is 48.5 Å². The van der Waals surface area contributed by atoms with E-state index in [9.17, 15) is 14.4 Å².